The Morgan fingerprint density at radius 1 is 1.26 bits per heavy atom. The van der Waals surface area contributed by atoms with Crippen LogP contribution in [0.5, 0.6) is 0 Å². The second-order valence-corrected chi connectivity index (χ2v) is 9.57. The Kier molecular flexibility index (Phi) is 6.12. The van der Waals surface area contributed by atoms with Crippen molar-refractivity contribution < 1.29 is 28.7 Å². The topological polar surface area (TPSA) is 127 Å². The molecule has 0 aromatic heterocycles. The van der Waals surface area contributed by atoms with E-state index in [9.17, 15) is 9.13 Å². The molecule has 1 aliphatic rings. The molecule has 0 aliphatic carbocycles. The molecule has 114 valence electrons. The third-order valence-corrected chi connectivity index (χ3v) is 7.73. The normalized spacial score (nSPS) is 29.7. The van der Waals surface area contributed by atoms with E-state index in [4.69, 9.17) is 19.6 Å². The third kappa shape index (κ3) is 5.14. The molecule has 0 radical (unpaired) electrons. The van der Waals surface area contributed by atoms with Crippen LogP contribution in [0, 0.1) is 11.8 Å². The van der Waals surface area contributed by atoms with Crippen molar-refractivity contribution in [1.82, 2.24) is 5.32 Å². The molecule has 0 spiro atoms. The lowest BCUT2D eigenvalue weighted by Gasteiger charge is -2.37. The third-order valence-electron chi connectivity index (χ3n) is 3.48. The van der Waals surface area contributed by atoms with Gasteiger partial charge in [0.25, 0.3) is 0 Å². The summed E-state index contributed by atoms with van der Waals surface area (Å²) in [5.41, 5.74) is 0. The van der Waals surface area contributed by atoms with E-state index < -0.39 is 20.6 Å². The Hall–Kier alpha value is 0.610. The Labute approximate surface area is 117 Å². The van der Waals surface area contributed by atoms with Gasteiger partial charge in [0.1, 0.15) is 0 Å². The maximum absolute atomic E-state index is 11.3. The van der Waals surface area contributed by atoms with Crippen molar-refractivity contribution in [3.05, 3.63) is 0 Å². The molecule has 1 heterocycles. The van der Waals surface area contributed by atoms with Crippen LogP contribution in [0.25, 0.3) is 0 Å². The SMILES string of the molecule is CC1CNC(CC(P(=O)(O)O)P(=O)(O)O)C(CS)C1. The van der Waals surface area contributed by atoms with Crippen molar-refractivity contribution in [2.75, 3.05) is 12.3 Å². The molecular formula is C9H21NO6P2S. The van der Waals surface area contributed by atoms with Gasteiger partial charge in [-0.1, -0.05) is 6.92 Å². The summed E-state index contributed by atoms with van der Waals surface area (Å²) in [7, 11) is -9.69. The maximum atomic E-state index is 11.3. The maximum Gasteiger partial charge on any atom is 0.340 e. The van der Waals surface area contributed by atoms with Crippen LogP contribution in [0.4, 0.5) is 0 Å². The van der Waals surface area contributed by atoms with Gasteiger partial charge in [-0.15, -0.1) is 0 Å². The highest BCUT2D eigenvalue weighted by Crippen LogP contribution is 2.61. The van der Waals surface area contributed by atoms with Gasteiger partial charge in [-0.25, -0.2) is 0 Å². The molecule has 3 atom stereocenters. The van der Waals surface area contributed by atoms with E-state index in [2.05, 4.69) is 17.9 Å². The van der Waals surface area contributed by atoms with E-state index >= 15 is 0 Å². The first-order chi connectivity index (χ1) is 8.55. The van der Waals surface area contributed by atoms with Crippen LogP contribution in [0.3, 0.4) is 0 Å². The molecule has 0 saturated carbocycles. The van der Waals surface area contributed by atoms with Crippen LogP contribution >= 0.6 is 27.8 Å². The van der Waals surface area contributed by atoms with Gasteiger partial charge in [-0.2, -0.15) is 12.6 Å². The highest BCUT2D eigenvalue weighted by atomic mass is 32.1. The predicted molar refractivity (Wildman–Crippen MR) is 75.4 cm³/mol. The van der Waals surface area contributed by atoms with Crippen molar-refractivity contribution in [3.8, 4) is 0 Å². The van der Waals surface area contributed by atoms with E-state index in [1.807, 2.05) is 6.92 Å². The van der Waals surface area contributed by atoms with Crippen molar-refractivity contribution in [1.29, 1.82) is 0 Å². The van der Waals surface area contributed by atoms with Gasteiger partial charge >= 0.3 is 15.2 Å². The molecule has 1 fully saturated rings. The first-order valence-corrected chi connectivity index (χ1v) is 10.00. The van der Waals surface area contributed by atoms with E-state index in [0.29, 0.717) is 18.2 Å². The molecule has 10 heteroatoms. The smallest absolute Gasteiger partial charge is 0.324 e. The minimum atomic E-state index is -4.84. The number of nitrogens with one attached hydrogen (secondary N) is 1. The molecule has 3 unspecified atom stereocenters. The van der Waals surface area contributed by atoms with E-state index in [0.717, 1.165) is 6.42 Å². The molecule has 7 nitrogen and oxygen atoms in total. The number of hydrogen-bond acceptors (Lipinski definition) is 4. The Morgan fingerprint density at radius 3 is 2.21 bits per heavy atom. The minimum absolute atomic E-state index is 0.0488. The van der Waals surface area contributed by atoms with Crippen molar-refractivity contribution in [2.24, 2.45) is 11.8 Å². The van der Waals surface area contributed by atoms with Crippen LogP contribution in [0.2, 0.25) is 0 Å². The highest BCUT2D eigenvalue weighted by molar-refractivity contribution is 7.80. The second-order valence-electron chi connectivity index (χ2n) is 5.19. The fourth-order valence-corrected chi connectivity index (χ4v) is 5.43. The molecular weight excluding hydrogens is 312 g/mol. The fraction of sp³-hybridized carbons (Fsp3) is 1.00. The second kappa shape index (κ2) is 6.58. The summed E-state index contributed by atoms with van der Waals surface area (Å²) < 4.78 is 22.5. The van der Waals surface area contributed by atoms with Gasteiger partial charge in [-0.3, -0.25) is 9.13 Å². The van der Waals surface area contributed by atoms with Crippen LogP contribution in [-0.2, 0) is 9.13 Å². The Balaban J connectivity index is 2.85. The van der Waals surface area contributed by atoms with Gasteiger partial charge in [0.2, 0.25) is 0 Å². The zero-order valence-corrected chi connectivity index (χ0v) is 13.3. The average molecular weight is 333 g/mol. The van der Waals surface area contributed by atoms with Crippen molar-refractivity contribution in [2.45, 2.75) is 31.2 Å². The number of piperidine rings is 1. The van der Waals surface area contributed by atoms with E-state index in [1.165, 1.54) is 0 Å². The van der Waals surface area contributed by atoms with Crippen LogP contribution in [0.1, 0.15) is 19.8 Å². The minimum Gasteiger partial charge on any atom is -0.324 e. The predicted octanol–water partition coefficient (Wildman–Crippen LogP) is 0.602. The Bertz CT molecular complexity index is 374. The van der Waals surface area contributed by atoms with E-state index in [-0.39, 0.29) is 18.4 Å². The number of rotatable bonds is 5. The monoisotopic (exact) mass is 333 g/mol. The summed E-state index contributed by atoms with van der Waals surface area (Å²) in [5, 5.41) is 1.17. The molecule has 0 aromatic carbocycles. The molecule has 0 bridgehead atoms. The molecule has 1 saturated heterocycles. The number of thiol groups is 1. The first kappa shape index (κ1) is 17.7. The summed E-state index contributed by atoms with van der Waals surface area (Å²) in [6.45, 7) is 2.72. The zero-order chi connectivity index (χ0) is 14.8. The van der Waals surface area contributed by atoms with E-state index in [1.54, 1.807) is 0 Å². The molecule has 5 N–H and O–H groups in total. The van der Waals surface area contributed by atoms with Gasteiger partial charge in [-0.05, 0) is 37.0 Å². The summed E-state index contributed by atoms with van der Waals surface area (Å²) in [4.78, 5) is 36.5. The fourth-order valence-electron chi connectivity index (χ4n) is 2.46. The summed E-state index contributed by atoms with van der Waals surface area (Å²) in [6.07, 6.45) is 0.586. The average Bonchev–Trinajstić information content (AvgIpc) is 2.23. The molecule has 0 amide bonds. The van der Waals surface area contributed by atoms with Crippen LogP contribution in [-0.4, -0.2) is 43.3 Å². The standard InChI is InChI=1S/C9H21NO6P2S/c1-6-2-7(5-19)8(10-4-6)3-9(17(11,12)13)18(14,15)16/h6-10,19H,2-5H2,1H3,(H2,11,12,13)(H2,14,15,16). The van der Waals surface area contributed by atoms with Gasteiger partial charge < -0.3 is 24.9 Å². The highest BCUT2D eigenvalue weighted by Gasteiger charge is 2.46. The Morgan fingerprint density at radius 2 is 1.79 bits per heavy atom. The number of hydrogen-bond donors (Lipinski definition) is 6. The molecule has 0 aromatic rings. The van der Waals surface area contributed by atoms with Crippen molar-refractivity contribution in [3.63, 3.8) is 0 Å². The lowest BCUT2D eigenvalue weighted by Crippen LogP contribution is -2.47. The van der Waals surface area contributed by atoms with Crippen LogP contribution in [0.15, 0.2) is 0 Å². The lowest BCUT2D eigenvalue weighted by atomic mass is 9.85. The summed E-state index contributed by atoms with van der Waals surface area (Å²) >= 11 is 4.20. The van der Waals surface area contributed by atoms with Crippen LogP contribution < -0.4 is 5.32 Å². The summed E-state index contributed by atoms with van der Waals surface area (Å²) in [6, 6.07) is -0.334. The first-order valence-electron chi connectivity index (χ1n) is 6.00. The zero-order valence-electron chi connectivity index (χ0n) is 10.6. The molecule has 19 heavy (non-hydrogen) atoms. The van der Waals surface area contributed by atoms with Gasteiger partial charge in [0.05, 0.1) is 0 Å². The lowest BCUT2D eigenvalue weighted by molar-refractivity contribution is 0.232. The molecule has 1 rings (SSSR count). The summed E-state index contributed by atoms with van der Waals surface area (Å²) in [5.74, 6) is 0.974. The molecule has 1 aliphatic heterocycles. The van der Waals surface area contributed by atoms with Crippen molar-refractivity contribution >= 4 is 27.8 Å². The van der Waals surface area contributed by atoms with Gasteiger partial charge in [0.15, 0.2) is 5.40 Å². The van der Waals surface area contributed by atoms with Gasteiger partial charge in [0, 0.05) is 6.04 Å². The largest absolute Gasteiger partial charge is 0.340 e. The quantitative estimate of drug-likeness (QED) is 0.321.